The largest absolute Gasteiger partial charge is 0.396 e. The fraction of sp³-hybridized carbons (Fsp3) is 0.538. The van der Waals surface area contributed by atoms with Crippen molar-refractivity contribution in [1.29, 1.82) is 0 Å². The lowest BCUT2D eigenvalue weighted by molar-refractivity contribution is 0.498. The number of sulfonamides is 1. The molecule has 2 rings (SSSR count). The van der Waals surface area contributed by atoms with Gasteiger partial charge < -0.3 is 5.73 Å². The third-order valence-corrected chi connectivity index (χ3v) is 6.09. The molecule has 2 atom stereocenters. The van der Waals surface area contributed by atoms with Gasteiger partial charge in [0.25, 0.3) is 0 Å². The molecule has 1 aromatic carbocycles. The molecular weight excluding hydrogens is 347 g/mol. The first kappa shape index (κ1) is 15.7. The van der Waals surface area contributed by atoms with Crippen LogP contribution in [0.25, 0.3) is 0 Å². The van der Waals surface area contributed by atoms with Crippen LogP contribution < -0.4 is 10.5 Å². The van der Waals surface area contributed by atoms with E-state index < -0.39 is 15.8 Å². The predicted octanol–water partition coefficient (Wildman–Crippen LogP) is 2.88. The molecule has 0 spiro atoms. The Hall–Kier alpha value is -0.660. The highest BCUT2D eigenvalue weighted by Gasteiger charge is 2.25. The van der Waals surface area contributed by atoms with Gasteiger partial charge in [0.2, 0.25) is 10.0 Å². The van der Waals surface area contributed by atoms with Crippen LogP contribution in [-0.4, -0.2) is 15.0 Å². The highest BCUT2D eigenvalue weighted by Crippen LogP contribution is 2.31. The molecule has 2 unspecified atom stereocenters. The summed E-state index contributed by atoms with van der Waals surface area (Å²) in [6.07, 6.45) is 3.21. The molecule has 3 N–H and O–H groups in total. The quantitative estimate of drug-likeness (QED) is 0.806. The van der Waals surface area contributed by atoms with E-state index in [-0.39, 0.29) is 15.1 Å². The fourth-order valence-electron chi connectivity index (χ4n) is 2.57. The number of hydrogen-bond donors (Lipinski definition) is 2. The summed E-state index contributed by atoms with van der Waals surface area (Å²) in [6.45, 7) is 2.59. The normalized spacial score (nSPS) is 23.1. The van der Waals surface area contributed by atoms with Crippen molar-refractivity contribution in [2.75, 3.05) is 12.3 Å². The molecule has 1 aliphatic rings. The Balaban J connectivity index is 2.12. The first-order valence-corrected chi connectivity index (χ1v) is 8.81. The van der Waals surface area contributed by atoms with E-state index in [1.165, 1.54) is 0 Å². The monoisotopic (exact) mass is 364 g/mol. The maximum Gasteiger partial charge on any atom is 0.241 e. The number of halogens is 2. The molecule has 1 aliphatic carbocycles. The summed E-state index contributed by atoms with van der Waals surface area (Å²) in [5.41, 5.74) is 5.26. The molecule has 7 heteroatoms. The topological polar surface area (TPSA) is 72.2 Å². The van der Waals surface area contributed by atoms with Gasteiger partial charge in [0.15, 0.2) is 0 Å². The standard InChI is InChI=1S/C13H18BrFN2O2S/c1-8-2-3-9(4-8)7-17-20(18,19)13-6-12(16)11(15)5-10(13)14/h5-6,8-9,17H,2-4,7,16H2,1H3. The van der Waals surface area contributed by atoms with Gasteiger partial charge in [0, 0.05) is 11.0 Å². The molecular formula is C13H18BrFN2O2S. The van der Waals surface area contributed by atoms with Gasteiger partial charge in [-0.2, -0.15) is 0 Å². The summed E-state index contributed by atoms with van der Waals surface area (Å²) in [7, 11) is -3.68. The Morgan fingerprint density at radius 3 is 2.75 bits per heavy atom. The van der Waals surface area contributed by atoms with Crippen molar-refractivity contribution >= 4 is 31.6 Å². The lowest BCUT2D eigenvalue weighted by Gasteiger charge is -2.13. The lowest BCUT2D eigenvalue weighted by Crippen LogP contribution is -2.29. The minimum atomic E-state index is -3.68. The van der Waals surface area contributed by atoms with Crippen LogP contribution in [0.1, 0.15) is 26.2 Å². The number of nitrogen functional groups attached to an aromatic ring is 1. The van der Waals surface area contributed by atoms with E-state index in [9.17, 15) is 12.8 Å². The molecule has 0 saturated heterocycles. The van der Waals surface area contributed by atoms with Gasteiger partial charge in [-0.25, -0.2) is 17.5 Å². The van der Waals surface area contributed by atoms with Crippen LogP contribution in [0.2, 0.25) is 0 Å². The Kier molecular flexibility index (Phi) is 4.71. The zero-order valence-corrected chi connectivity index (χ0v) is 13.6. The van der Waals surface area contributed by atoms with Crippen LogP contribution in [0, 0.1) is 17.7 Å². The first-order valence-electron chi connectivity index (χ1n) is 6.54. The van der Waals surface area contributed by atoms with E-state index in [1.54, 1.807) is 0 Å². The number of benzene rings is 1. The lowest BCUT2D eigenvalue weighted by atomic mass is 10.1. The number of nitrogens with two attached hydrogens (primary N) is 1. The minimum Gasteiger partial charge on any atom is -0.396 e. The Bertz CT molecular complexity index is 607. The third kappa shape index (κ3) is 3.51. The fourth-order valence-corrected chi connectivity index (χ4v) is 4.73. The minimum absolute atomic E-state index is 0.0255. The van der Waals surface area contributed by atoms with Crippen molar-refractivity contribution in [2.24, 2.45) is 11.8 Å². The van der Waals surface area contributed by atoms with Crippen LogP contribution in [0.3, 0.4) is 0 Å². The molecule has 0 bridgehead atoms. The molecule has 20 heavy (non-hydrogen) atoms. The SMILES string of the molecule is CC1CCC(CNS(=O)(=O)c2cc(N)c(F)cc2Br)C1. The van der Waals surface area contributed by atoms with Gasteiger partial charge in [0.05, 0.1) is 10.6 Å². The highest BCUT2D eigenvalue weighted by molar-refractivity contribution is 9.10. The molecule has 112 valence electrons. The summed E-state index contributed by atoms with van der Waals surface area (Å²) in [4.78, 5) is -0.0255. The maximum atomic E-state index is 13.3. The number of anilines is 1. The molecule has 1 aromatic rings. The average Bonchev–Trinajstić information content (AvgIpc) is 2.77. The Labute approximate surface area is 127 Å². The maximum absolute atomic E-state index is 13.3. The van der Waals surface area contributed by atoms with Gasteiger partial charge >= 0.3 is 0 Å². The van der Waals surface area contributed by atoms with Crippen molar-refractivity contribution in [1.82, 2.24) is 4.72 Å². The Morgan fingerprint density at radius 2 is 2.15 bits per heavy atom. The van der Waals surface area contributed by atoms with Crippen molar-refractivity contribution < 1.29 is 12.8 Å². The van der Waals surface area contributed by atoms with Gasteiger partial charge in [-0.05, 0) is 52.7 Å². The van der Waals surface area contributed by atoms with Crippen LogP contribution in [-0.2, 0) is 10.0 Å². The second-order valence-electron chi connectivity index (χ2n) is 5.44. The van der Waals surface area contributed by atoms with E-state index >= 15 is 0 Å². The first-order chi connectivity index (χ1) is 9.29. The van der Waals surface area contributed by atoms with Crippen molar-refractivity contribution in [3.8, 4) is 0 Å². The molecule has 1 fully saturated rings. The smallest absolute Gasteiger partial charge is 0.241 e. The molecule has 0 aromatic heterocycles. The van der Waals surface area contributed by atoms with Crippen molar-refractivity contribution in [3.63, 3.8) is 0 Å². The molecule has 1 saturated carbocycles. The summed E-state index contributed by atoms with van der Waals surface area (Å²) >= 11 is 3.07. The number of hydrogen-bond acceptors (Lipinski definition) is 3. The summed E-state index contributed by atoms with van der Waals surface area (Å²) < 4.78 is 40.5. The van der Waals surface area contributed by atoms with Crippen molar-refractivity contribution in [2.45, 2.75) is 31.1 Å². The summed E-state index contributed by atoms with van der Waals surface area (Å²) in [6, 6.07) is 2.21. The zero-order chi connectivity index (χ0) is 14.9. The zero-order valence-electron chi connectivity index (χ0n) is 11.2. The highest BCUT2D eigenvalue weighted by atomic mass is 79.9. The van der Waals surface area contributed by atoms with Gasteiger partial charge in [-0.15, -0.1) is 0 Å². The van der Waals surface area contributed by atoms with Gasteiger partial charge in [-0.1, -0.05) is 13.3 Å². The predicted molar refractivity (Wildman–Crippen MR) is 80.2 cm³/mol. The molecule has 0 aliphatic heterocycles. The van der Waals surface area contributed by atoms with Crippen LogP contribution in [0.4, 0.5) is 10.1 Å². The molecule has 0 amide bonds. The van der Waals surface area contributed by atoms with Gasteiger partial charge in [0.1, 0.15) is 5.82 Å². The number of nitrogens with one attached hydrogen (secondary N) is 1. The third-order valence-electron chi connectivity index (χ3n) is 3.71. The second-order valence-corrected chi connectivity index (χ2v) is 8.03. The second kappa shape index (κ2) is 5.99. The van der Waals surface area contributed by atoms with Gasteiger partial charge in [-0.3, -0.25) is 0 Å². The van der Waals surface area contributed by atoms with Crippen molar-refractivity contribution in [3.05, 3.63) is 22.4 Å². The molecule has 0 heterocycles. The average molecular weight is 365 g/mol. The van der Waals surface area contributed by atoms with E-state index in [0.29, 0.717) is 18.4 Å². The van der Waals surface area contributed by atoms with E-state index in [1.807, 2.05) is 0 Å². The Morgan fingerprint density at radius 1 is 1.45 bits per heavy atom. The van der Waals surface area contributed by atoms with Crippen LogP contribution in [0.15, 0.2) is 21.5 Å². The van der Waals surface area contributed by atoms with Crippen LogP contribution in [0.5, 0.6) is 0 Å². The van der Waals surface area contributed by atoms with Crippen LogP contribution >= 0.6 is 15.9 Å². The summed E-state index contributed by atoms with van der Waals surface area (Å²) in [5, 5.41) is 0. The number of rotatable bonds is 4. The van der Waals surface area contributed by atoms with E-state index in [2.05, 4.69) is 27.6 Å². The van der Waals surface area contributed by atoms with E-state index in [0.717, 1.165) is 31.4 Å². The molecule has 4 nitrogen and oxygen atoms in total. The molecule has 0 radical (unpaired) electrons. The van der Waals surface area contributed by atoms with E-state index in [4.69, 9.17) is 5.73 Å². The summed E-state index contributed by atoms with van der Waals surface area (Å²) in [5.74, 6) is 0.384.